The van der Waals surface area contributed by atoms with Gasteiger partial charge in [-0.2, -0.15) is 0 Å². The molecule has 0 saturated heterocycles. The van der Waals surface area contributed by atoms with Crippen LogP contribution in [0.4, 0.5) is 0 Å². The lowest BCUT2D eigenvalue weighted by Crippen LogP contribution is -2.31. The zero-order chi connectivity index (χ0) is 12.1. The number of halogens is 2. The van der Waals surface area contributed by atoms with Gasteiger partial charge in [0.15, 0.2) is 5.78 Å². The molecule has 0 spiro atoms. The fourth-order valence-corrected chi connectivity index (χ4v) is 2.03. The summed E-state index contributed by atoms with van der Waals surface area (Å²) in [4.78, 5) is 21.8. The lowest BCUT2D eigenvalue weighted by molar-refractivity contribution is -0.139. The number of methoxy groups -OCH3 is 1. The van der Waals surface area contributed by atoms with Crippen LogP contribution in [0.5, 0.6) is 0 Å². The van der Waals surface area contributed by atoms with Crippen LogP contribution < -0.4 is 0 Å². The molecule has 1 aromatic carbocycles. The van der Waals surface area contributed by atoms with Crippen molar-refractivity contribution >= 4 is 43.6 Å². The van der Waals surface area contributed by atoms with Crippen LogP contribution in [-0.4, -0.2) is 28.5 Å². The van der Waals surface area contributed by atoms with Gasteiger partial charge in [-0.05, 0) is 0 Å². The van der Waals surface area contributed by atoms with Gasteiger partial charge in [-0.1, -0.05) is 62.2 Å². The lowest BCUT2D eigenvalue weighted by atomic mass is 10.1. The van der Waals surface area contributed by atoms with Crippen molar-refractivity contribution in [2.24, 2.45) is 0 Å². The van der Waals surface area contributed by atoms with Crippen molar-refractivity contribution in [3.8, 4) is 0 Å². The Bertz CT molecular complexity index is 378. The fourth-order valence-electron chi connectivity index (χ4n) is 1.13. The molecule has 0 radical (unpaired) electrons. The van der Waals surface area contributed by atoms with Gasteiger partial charge in [-0.25, -0.2) is 0 Å². The second-order valence-corrected chi connectivity index (χ2v) is 5.03. The molecule has 86 valence electrons. The molecule has 0 aliphatic heterocycles. The number of ketones is 1. The summed E-state index contributed by atoms with van der Waals surface area (Å²) >= 11 is 6.31. The molecule has 0 bridgehead atoms. The minimum atomic E-state index is -0.690. The van der Waals surface area contributed by atoms with Crippen molar-refractivity contribution in [2.45, 2.75) is 9.65 Å². The molecule has 0 N–H and O–H groups in total. The highest BCUT2D eigenvalue weighted by molar-refractivity contribution is 9.12. The Hall–Kier alpha value is -0.680. The Kier molecular flexibility index (Phi) is 5.15. The Morgan fingerprint density at radius 2 is 1.69 bits per heavy atom. The Morgan fingerprint density at radius 3 is 2.19 bits per heavy atom. The van der Waals surface area contributed by atoms with E-state index in [0.717, 1.165) is 0 Å². The largest absolute Gasteiger partial charge is 0.468 e. The van der Waals surface area contributed by atoms with Gasteiger partial charge in [0, 0.05) is 5.56 Å². The van der Waals surface area contributed by atoms with Gasteiger partial charge >= 0.3 is 5.97 Å². The Labute approximate surface area is 110 Å². The van der Waals surface area contributed by atoms with Crippen LogP contribution in [0, 0.1) is 0 Å². The Balaban J connectivity index is 2.79. The summed E-state index contributed by atoms with van der Waals surface area (Å²) in [5, 5.41) is 0. The van der Waals surface area contributed by atoms with Crippen LogP contribution >= 0.6 is 31.9 Å². The molecule has 0 aromatic heterocycles. The first-order valence-corrected chi connectivity index (χ1v) is 6.36. The van der Waals surface area contributed by atoms with Gasteiger partial charge in [-0.3, -0.25) is 9.59 Å². The quantitative estimate of drug-likeness (QED) is 0.476. The molecule has 0 fully saturated rings. The summed E-state index contributed by atoms with van der Waals surface area (Å²) in [7, 11) is 1.28. The SMILES string of the molecule is COC(=O)[C@H](Br)[C@H](Br)C(=O)c1ccccc1. The molecule has 0 amide bonds. The average Bonchev–Trinajstić information content (AvgIpc) is 2.36. The van der Waals surface area contributed by atoms with E-state index in [4.69, 9.17) is 0 Å². The number of ether oxygens (including phenoxy) is 1. The van der Waals surface area contributed by atoms with E-state index in [2.05, 4.69) is 36.6 Å². The topological polar surface area (TPSA) is 43.4 Å². The maximum absolute atomic E-state index is 11.9. The zero-order valence-corrected chi connectivity index (χ0v) is 11.7. The standard InChI is InChI=1S/C11H10Br2O3/c1-16-11(15)9(13)8(12)10(14)7-5-3-2-4-6-7/h2-6,8-9H,1H3/t8-,9+/m0/s1. The van der Waals surface area contributed by atoms with Gasteiger partial charge in [0.2, 0.25) is 0 Å². The number of carbonyl (C=O) groups excluding carboxylic acids is 2. The summed E-state index contributed by atoms with van der Waals surface area (Å²) in [5.74, 6) is -0.640. The highest BCUT2D eigenvalue weighted by atomic mass is 79.9. The zero-order valence-electron chi connectivity index (χ0n) is 8.52. The fraction of sp³-hybridized carbons (Fsp3) is 0.273. The van der Waals surface area contributed by atoms with Gasteiger partial charge in [-0.15, -0.1) is 0 Å². The molecule has 0 saturated carbocycles. The highest BCUT2D eigenvalue weighted by Crippen LogP contribution is 2.20. The maximum Gasteiger partial charge on any atom is 0.321 e. The first kappa shape index (κ1) is 13.4. The molecule has 3 nitrogen and oxygen atoms in total. The number of carbonyl (C=O) groups is 2. The predicted molar refractivity (Wildman–Crippen MR) is 68.2 cm³/mol. The number of rotatable bonds is 4. The van der Waals surface area contributed by atoms with E-state index in [1.807, 2.05) is 6.07 Å². The third-order valence-corrected chi connectivity index (χ3v) is 4.55. The molecular weight excluding hydrogens is 340 g/mol. The van der Waals surface area contributed by atoms with Crippen LogP contribution in [0.2, 0.25) is 0 Å². The van der Waals surface area contributed by atoms with Crippen LogP contribution in [0.3, 0.4) is 0 Å². The number of hydrogen-bond acceptors (Lipinski definition) is 3. The summed E-state index contributed by atoms with van der Waals surface area (Å²) < 4.78 is 4.55. The third kappa shape index (κ3) is 3.15. The van der Waals surface area contributed by atoms with Gasteiger partial charge < -0.3 is 4.74 Å². The van der Waals surface area contributed by atoms with Crippen molar-refractivity contribution in [3.05, 3.63) is 35.9 Å². The molecule has 0 aliphatic carbocycles. The number of esters is 1. The van der Waals surface area contributed by atoms with E-state index in [-0.39, 0.29) is 5.78 Å². The van der Waals surface area contributed by atoms with Crippen LogP contribution in [-0.2, 0) is 9.53 Å². The van der Waals surface area contributed by atoms with Gasteiger partial charge in [0.05, 0.1) is 7.11 Å². The molecular formula is C11H10Br2O3. The van der Waals surface area contributed by atoms with E-state index in [1.165, 1.54) is 7.11 Å². The molecule has 0 heterocycles. The monoisotopic (exact) mass is 348 g/mol. The van der Waals surface area contributed by atoms with Crippen LogP contribution in [0.1, 0.15) is 10.4 Å². The maximum atomic E-state index is 11.9. The molecule has 16 heavy (non-hydrogen) atoms. The van der Waals surface area contributed by atoms with Crippen molar-refractivity contribution in [3.63, 3.8) is 0 Å². The third-order valence-electron chi connectivity index (χ3n) is 1.99. The lowest BCUT2D eigenvalue weighted by Gasteiger charge is -2.13. The van der Waals surface area contributed by atoms with Gasteiger partial charge in [0.1, 0.15) is 9.65 Å². The van der Waals surface area contributed by atoms with E-state index < -0.39 is 15.6 Å². The van der Waals surface area contributed by atoms with Gasteiger partial charge in [0.25, 0.3) is 0 Å². The minimum absolute atomic E-state index is 0.159. The summed E-state index contributed by atoms with van der Waals surface area (Å²) in [6.45, 7) is 0. The molecule has 1 rings (SSSR count). The summed E-state index contributed by atoms with van der Waals surface area (Å²) in [6.07, 6.45) is 0. The molecule has 0 unspecified atom stereocenters. The average molecular weight is 350 g/mol. The molecule has 5 heteroatoms. The first-order valence-electron chi connectivity index (χ1n) is 4.53. The number of alkyl halides is 2. The predicted octanol–water partition coefficient (Wildman–Crippen LogP) is 2.57. The molecule has 1 aromatic rings. The second kappa shape index (κ2) is 6.15. The van der Waals surface area contributed by atoms with Crippen molar-refractivity contribution in [2.75, 3.05) is 7.11 Å². The van der Waals surface area contributed by atoms with Crippen LogP contribution in [0.25, 0.3) is 0 Å². The normalized spacial score (nSPS) is 13.9. The van der Waals surface area contributed by atoms with E-state index in [9.17, 15) is 9.59 Å². The van der Waals surface area contributed by atoms with Crippen molar-refractivity contribution in [1.82, 2.24) is 0 Å². The number of benzene rings is 1. The van der Waals surface area contributed by atoms with E-state index >= 15 is 0 Å². The minimum Gasteiger partial charge on any atom is -0.468 e. The Morgan fingerprint density at radius 1 is 1.12 bits per heavy atom. The summed E-state index contributed by atoms with van der Waals surface area (Å²) in [6, 6.07) is 8.77. The van der Waals surface area contributed by atoms with Crippen LogP contribution in [0.15, 0.2) is 30.3 Å². The van der Waals surface area contributed by atoms with E-state index in [0.29, 0.717) is 5.56 Å². The summed E-state index contributed by atoms with van der Waals surface area (Å²) in [5.41, 5.74) is 0.553. The second-order valence-electron chi connectivity index (χ2n) is 3.06. The van der Waals surface area contributed by atoms with Crippen molar-refractivity contribution in [1.29, 1.82) is 0 Å². The van der Waals surface area contributed by atoms with Crippen molar-refractivity contribution < 1.29 is 14.3 Å². The number of hydrogen-bond donors (Lipinski definition) is 0. The first-order chi connectivity index (χ1) is 7.57. The molecule has 2 atom stereocenters. The highest BCUT2D eigenvalue weighted by Gasteiger charge is 2.30. The van der Waals surface area contributed by atoms with E-state index in [1.54, 1.807) is 24.3 Å². The smallest absolute Gasteiger partial charge is 0.321 e. The molecule has 0 aliphatic rings. The number of Topliss-reactive ketones (excluding diaryl/α,β-unsaturated/α-hetero) is 1.